The number of rotatable bonds is 7. The molecule has 1 aromatic heterocycles. The number of aromatic nitrogens is 2. The normalized spacial score (nSPS) is 13.2. The first kappa shape index (κ1) is 19.0. The first-order valence-corrected chi connectivity index (χ1v) is 9.03. The third kappa shape index (κ3) is 4.71. The van der Waals surface area contributed by atoms with Crippen LogP contribution in [-0.4, -0.2) is 21.2 Å². The van der Waals surface area contributed by atoms with Crippen molar-refractivity contribution < 1.29 is 22.7 Å². The van der Waals surface area contributed by atoms with Gasteiger partial charge in [-0.2, -0.15) is 0 Å². The summed E-state index contributed by atoms with van der Waals surface area (Å²) in [4.78, 5) is 12.4. The Balaban J connectivity index is 1.64. The van der Waals surface area contributed by atoms with E-state index < -0.39 is 23.0 Å². The van der Waals surface area contributed by atoms with Crippen molar-refractivity contribution in [1.29, 1.82) is 0 Å². The summed E-state index contributed by atoms with van der Waals surface area (Å²) in [5, 5.41) is 7.47. The van der Waals surface area contributed by atoms with Crippen LogP contribution in [0.15, 0.2) is 58.2 Å². The number of para-hydroxylation sites is 1. The quantitative estimate of drug-likeness (QED) is 0.424. The topological polar surface area (TPSA) is 65.2 Å². The molecule has 0 saturated heterocycles. The van der Waals surface area contributed by atoms with Gasteiger partial charge < -0.3 is 9.15 Å². The summed E-state index contributed by atoms with van der Waals surface area (Å²) in [7, 11) is 0. The summed E-state index contributed by atoms with van der Waals surface area (Å²) in [5.74, 6) is -0.830. The minimum Gasteiger partial charge on any atom is -0.478 e. The molecule has 0 aliphatic heterocycles. The van der Waals surface area contributed by atoms with Crippen molar-refractivity contribution in [3.8, 4) is 5.75 Å². The molecule has 0 N–H and O–H groups in total. The number of Topliss-reactive ketones (excluding diaryl/α,β-unsaturated/α-hetero) is 1. The van der Waals surface area contributed by atoms with Crippen molar-refractivity contribution in [2.45, 2.75) is 30.4 Å². The maximum Gasteiger partial charge on any atom is 0.277 e. The molecular formula is C19H16F2N2O3S. The number of nitrogens with zero attached hydrogens (tertiary/aromatic N) is 2. The number of ketones is 1. The minimum atomic E-state index is -0.660. The van der Waals surface area contributed by atoms with Gasteiger partial charge in [-0.05, 0) is 50.2 Å². The van der Waals surface area contributed by atoms with Crippen LogP contribution in [0.25, 0.3) is 0 Å². The molecule has 0 saturated carbocycles. The van der Waals surface area contributed by atoms with Gasteiger partial charge in [0.1, 0.15) is 5.82 Å². The Hall–Kier alpha value is -2.74. The Morgan fingerprint density at radius 2 is 1.78 bits per heavy atom. The second-order valence-corrected chi connectivity index (χ2v) is 7.02. The lowest BCUT2D eigenvalue weighted by molar-refractivity contribution is 0.0993. The zero-order valence-electron chi connectivity index (χ0n) is 14.6. The van der Waals surface area contributed by atoms with Crippen molar-refractivity contribution in [2.24, 2.45) is 0 Å². The molecule has 0 amide bonds. The summed E-state index contributed by atoms with van der Waals surface area (Å²) in [6.45, 7) is 3.35. The monoisotopic (exact) mass is 390 g/mol. The Morgan fingerprint density at radius 1 is 1.07 bits per heavy atom. The van der Waals surface area contributed by atoms with E-state index in [0.29, 0.717) is 5.56 Å². The second kappa shape index (κ2) is 8.30. The molecule has 0 spiro atoms. The Morgan fingerprint density at radius 3 is 2.48 bits per heavy atom. The SMILES string of the molecule is C[C@H](Sc1nnc([C@@H](C)Oc2ccccc2F)o1)C(=O)c1ccc(F)cc1. The average Bonchev–Trinajstić information content (AvgIpc) is 3.12. The van der Waals surface area contributed by atoms with Crippen LogP contribution in [0.2, 0.25) is 0 Å². The highest BCUT2D eigenvalue weighted by molar-refractivity contribution is 8.00. The van der Waals surface area contributed by atoms with Crippen LogP contribution in [-0.2, 0) is 0 Å². The first-order valence-electron chi connectivity index (χ1n) is 8.15. The van der Waals surface area contributed by atoms with Crippen LogP contribution in [0.1, 0.15) is 36.2 Å². The molecule has 2 atom stereocenters. The van der Waals surface area contributed by atoms with Crippen LogP contribution in [0, 0.1) is 11.6 Å². The summed E-state index contributed by atoms with van der Waals surface area (Å²) in [6.07, 6.45) is -0.660. The Labute approximate surface area is 158 Å². The lowest BCUT2D eigenvalue weighted by Gasteiger charge is -2.11. The third-order valence-corrected chi connectivity index (χ3v) is 4.62. The zero-order valence-corrected chi connectivity index (χ0v) is 15.4. The van der Waals surface area contributed by atoms with E-state index in [1.165, 1.54) is 36.4 Å². The molecule has 0 unspecified atom stereocenters. The Kier molecular flexibility index (Phi) is 5.85. The molecule has 1 heterocycles. The molecular weight excluding hydrogens is 374 g/mol. The van der Waals surface area contributed by atoms with E-state index in [1.807, 2.05) is 0 Å². The van der Waals surface area contributed by atoms with Gasteiger partial charge in [0.05, 0.1) is 5.25 Å². The summed E-state index contributed by atoms with van der Waals surface area (Å²) in [5.41, 5.74) is 0.396. The van der Waals surface area contributed by atoms with E-state index in [-0.39, 0.29) is 22.6 Å². The fourth-order valence-electron chi connectivity index (χ4n) is 2.27. The van der Waals surface area contributed by atoms with Gasteiger partial charge in [-0.25, -0.2) is 8.78 Å². The molecule has 27 heavy (non-hydrogen) atoms. The van der Waals surface area contributed by atoms with Crippen LogP contribution in [0.4, 0.5) is 8.78 Å². The van der Waals surface area contributed by atoms with Crippen molar-refractivity contribution in [2.75, 3.05) is 0 Å². The molecule has 5 nitrogen and oxygen atoms in total. The summed E-state index contributed by atoms with van der Waals surface area (Å²) < 4.78 is 37.6. The fourth-order valence-corrected chi connectivity index (χ4v) is 3.03. The molecule has 0 fully saturated rings. The van der Waals surface area contributed by atoms with E-state index in [0.717, 1.165) is 11.8 Å². The average molecular weight is 390 g/mol. The lowest BCUT2D eigenvalue weighted by Crippen LogP contribution is -2.13. The number of benzene rings is 2. The van der Waals surface area contributed by atoms with Crippen LogP contribution in [0.3, 0.4) is 0 Å². The molecule has 3 rings (SSSR count). The minimum absolute atomic E-state index is 0.0808. The number of ether oxygens (including phenoxy) is 1. The van der Waals surface area contributed by atoms with Crippen LogP contribution >= 0.6 is 11.8 Å². The predicted octanol–water partition coefficient (Wildman–Crippen LogP) is 4.85. The lowest BCUT2D eigenvalue weighted by atomic mass is 10.1. The highest BCUT2D eigenvalue weighted by Gasteiger charge is 2.22. The van der Waals surface area contributed by atoms with E-state index >= 15 is 0 Å². The first-order chi connectivity index (χ1) is 12.9. The van der Waals surface area contributed by atoms with Crippen molar-refractivity contribution >= 4 is 17.5 Å². The van der Waals surface area contributed by atoms with Gasteiger partial charge in [0, 0.05) is 5.56 Å². The molecule has 3 aromatic rings. The number of carbonyl (C=O) groups excluding carboxylic acids is 1. The van der Waals surface area contributed by atoms with E-state index in [4.69, 9.17) is 9.15 Å². The van der Waals surface area contributed by atoms with Gasteiger partial charge in [-0.3, -0.25) is 4.79 Å². The molecule has 140 valence electrons. The largest absolute Gasteiger partial charge is 0.478 e. The predicted molar refractivity (Wildman–Crippen MR) is 95.8 cm³/mol. The maximum absolute atomic E-state index is 13.7. The van der Waals surface area contributed by atoms with Gasteiger partial charge in [-0.1, -0.05) is 23.9 Å². The molecule has 2 aromatic carbocycles. The van der Waals surface area contributed by atoms with Gasteiger partial charge in [-0.15, -0.1) is 10.2 Å². The zero-order chi connectivity index (χ0) is 19.4. The van der Waals surface area contributed by atoms with Gasteiger partial charge >= 0.3 is 0 Å². The highest BCUT2D eigenvalue weighted by Crippen LogP contribution is 2.28. The van der Waals surface area contributed by atoms with Crippen LogP contribution in [0.5, 0.6) is 5.75 Å². The summed E-state index contributed by atoms with van der Waals surface area (Å²) in [6, 6.07) is 11.3. The molecule has 0 bridgehead atoms. The number of halogens is 2. The molecule has 0 aliphatic carbocycles. The van der Waals surface area contributed by atoms with Gasteiger partial charge in [0.2, 0.25) is 0 Å². The number of hydrogen-bond acceptors (Lipinski definition) is 6. The smallest absolute Gasteiger partial charge is 0.277 e. The van der Waals surface area contributed by atoms with Crippen LogP contribution < -0.4 is 4.74 Å². The second-order valence-electron chi connectivity index (χ2n) is 5.73. The Bertz CT molecular complexity index is 931. The van der Waals surface area contributed by atoms with Crippen molar-refractivity contribution in [1.82, 2.24) is 10.2 Å². The standard InChI is InChI=1S/C19H16F2N2O3S/c1-11(25-16-6-4-3-5-15(16)21)18-22-23-19(26-18)27-12(2)17(24)13-7-9-14(20)10-8-13/h3-12H,1-2H3/t11-,12+/m1/s1. The molecule has 8 heteroatoms. The van der Waals surface area contributed by atoms with E-state index in [2.05, 4.69) is 10.2 Å². The van der Waals surface area contributed by atoms with Crippen molar-refractivity contribution in [3.63, 3.8) is 0 Å². The van der Waals surface area contributed by atoms with Crippen molar-refractivity contribution in [3.05, 3.63) is 71.6 Å². The number of hydrogen-bond donors (Lipinski definition) is 0. The third-order valence-electron chi connectivity index (χ3n) is 3.69. The summed E-state index contributed by atoms with van der Waals surface area (Å²) >= 11 is 1.09. The number of thioether (sulfide) groups is 1. The van der Waals surface area contributed by atoms with E-state index in [1.54, 1.807) is 26.0 Å². The molecule has 0 radical (unpaired) electrons. The fraction of sp³-hybridized carbons (Fsp3) is 0.211. The van der Waals surface area contributed by atoms with E-state index in [9.17, 15) is 13.6 Å². The van der Waals surface area contributed by atoms with Gasteiger partial charge in [0.15, 0.2) is 23.5 Å². The maximum atomic E-state index is 13.7. The highest BCUT2D eigenvalue weighted by atomic mass is 32.2. The number of carbonyl (C=O) groups is 1. The molecule has 0 aliphatic rings. The van der Waals surface area contributed by atoms with Gasteiger partial charge in [0.25, 0.3) is 11.1 Å².